The number of nitrogens with zero attached hydrogens (tertiary/aromatic N) is 4. The van der Waals surface area contributed by atoms with E-state index in [9.17, 15) is 4.79 Å². The number of benzene rings is 1. The SMILES string of the molecule is Cc1nc(-c2cccc(Cl)c2)sc1C(=O)N(Cc1cnn(C)c1)C(C)C. The lowest BCUT2D eigenvalue weighted by molar-refractivity contribution is 0.0694. The molecule has 1 amide bonds. The molecule has 0 fully saturated rings. The van der Waals surface area contributed by atoms with Crippen LogP contribution < -0.4 is 0 Å². The summed E-state index contributed by atoms with van der Waals surface area (Å²) in [6.07, 6.45) is 3.72. The van der Waals surface area contributed by atoms with E-state index in [2.05, 4.69) is 10.1 Å². The molecule has 0 aliphatic heterocycles. The average Bonchev–Trinajstić information content (AvgIpc) is 3.17. The van der Waals surface area contributed by atoms with Crippen LogP contribution in [0.3, 0.4) is 0 Å². The molecule has 2 heterocycles. The maximum absolute atomic E-state index is 13.2. The number of amides is 1. The number of hydrogen-bond donors (Lipinski definition) is 0. The van der Waals surface area contributed by atoms with E-state index in [1.165, 1.54) is 11.3 Å². The fraction of sp³-hybridized carbons (Fsp3) is 0.316. The molecule has 0 spiro atoms. The van der Waals surface area contributed by atoms with Crippen molar-refractivity contribution in [2.75, 3.05) is 0 Å². The number of aromatic nitrogens is 3. The lowest BCUT2D eigenvalue weighted by Crippen LogP contribution is -2.36. The first-order valence-electron chi connectivity index (χ1n) is 8.37. The molecule has 26 heavy (non-hydrogen) atoms. The van der Waals surface area contributed by atoms with Crippen molar-refractivity contribution in [3.63, 3.8) is 0 Å². The van der Waals surface area contributed by atoms with Gasteiger partial charge in [0.2, 0.25) is 0 Å². The highest BCUT2D eigenvalue weighted by Crippen LogP contribution is 2.30. The summed E-state index contributed by atoms with van der Waals surface area (Å²) in [6, 6.07) is 7.60. The van der Waals surface area contributed by atoms with E-state index in [-0.39, 0.29) is 11.9 Å². The Morgan fingerprint density at radius 1 is 1.38 bits per heavy atom. The smallest absolute Gasteiger partial charge is 0.266 e. The van der Waals surface area contributed by atoms with E-state index in [0.717, 1.165) is 21.8 Å². The topological polar surface area (TPSA) is 51.0 Å². The Kier molecular flexibility index (Phi) is 5.44. The van der Waals surface area contributed by atoms with Crippen molar-refractivity contribution < 1.29 is 4.79 Å². The number of carbonyl (C=O) groups is 1. The number of aryl methyl sites for hydroxylation is 2. The number of hydrogen-bond acceptors (Lipinski definition) is 4. The number of halogens is 1. The van der Waals surface area contributed by atoms with Crippen LogP contribution in [0.25, 0.3) is 10.6 Å². The van der Waals surface area contributed by atoms with Crippen molar-refractivity contribution in [3.05, 3.63) is 57.8 Å². The van der Waals surface area contributed by atoms with Gasteiger partial charge in [-0.15, -0.1) is 11.3 Å². The molecule has 0 unspecified atom stereocenters. The van der Waals surface area contributed by atoms with Crippen LogP contribution in [0.1, 0.15) is 34.8 Å². The predicted molar refractivity (Wildman–Crippen MR) is 106 cm³/mol. The molecule has 2 aromatic heterocycles. The van der Waals surface area contributed by atoms with Crippen LogP contribution in [0.15, 0.2) is 36.7 Å². The second-order valence-corrected chi connectivity index (χ2v) is 7.93. The minimum atomic E-state index is -0.00729. The quantitative estimate of drug-likeness (QED) is 0.644. The van der Waals surface area contributed by atoms with E-state index in [0.29, 0.717) is 16.4 Å². The summed E-state index contributed by atoms with van der Waals surface area (Å²) in [5.74, 6) is -0.00729. The molecule has 0 atom stereocenters. The molecule has 1 aromatic carbocycles. The van der Waals surface area contributed by atoms with E-state index in [1.54, 1.807) is 10.9 Å². The Hall–Kier alpha value is -2.18. The Labute approximate surface area is 162 Å². The Morgan fingerprint density at radius 2 is 2.15 bits per heavy atom. The minimum Gasteiger partial charge on any atom is -0.331 e. The summed E-state index contributed by atoms with van der Waals surface area (Å²) >= 11 is 7.49. The fourth-order valence-corrected chi connectivity index (χ4v) is 3.92. The van der Waals surface area contributed by atoms with Gasteiger partial charge >= 0.3 is 0 Å². The van der Waals surface area contributed by atoms with Crippen LogP contribution in [-0.4, -0.2) is 31.6 Å². The van der Waals surface area contributed by atoms with Gasteiger partial charge in [-0.2, -0.15) is 5.10 Å². The number of carbonyl (C=O) groups excluding carboxylic acids is 1. The third-order valence-electron chi connectivity index (χ3n) is 4.06. The van der Waals surface area contributed by atoms with Crippen LogP contribution >= 0.6 is 22.9 Å². The average molecular weight is 389 g/mol. The van der Waals surface area contributed by atoms with Gasteiger partial charge < -0.3 is 4.90 Å². The first kappa shape index (κ1) is 18.6. The van der Waals surface area contributed by atoms with Gasteiger partial charge in [0, 0.05) is 42.0 Å². The van der Waals surface area contributed by atoms with Crippen LogP contribution in [0.5, 0.6) is 0 Å². The molecule has 0 aliphatic rings. The van der Waals surface area contributed by atoms with Crippen molar-refractivity contribution in [1.29, 1.82) is 0 Å². The molecule has 0 bridgehead atoms. The lowest BCUT2D eigenvalue weighted by Gasteiger charge is -2.25. The Morgan fingerprint density at radius 3 is 2.77 bits per heavy atom. The summed E-state index contributed by atoms with van der Waals surface area (Å²) in [6.45, 7) is 6.43. The highest BCUT2D eigenvalue weighted by atomic mass is 35.5. The largest absolute Gasteiger partial charge is 0.331 e. The molecule has 5 nitrogen and oxygen atoms in total. The number of rotatable bonds is 5. The van der Waals surface area contributed by atoms with Gasteiger partial charge in [-0.1, -0.05) is 23.7 Å². The molecular formula is C19H21ClN4OS. The molecule has 3 aromatic rings. The van der Waals surface area contributed by atoms with Crippen LogP contribution in [0, 0.1) is 6.92 Å². The molecule has 7 heteroatoms. The highest BCUT2D eigenvalue weighted by molar-refractivity contribution is 7.17. The van der Waals surface area contributed by atoms with Gasteiger partial charge in [0.25, 0.3) is 5.91 Å². The molecule has 0 saturated heterocycles. The Bertz CT molecular complexity index is 931. The van der Waals surface area contributed by atoms with Crippen molar-refractivity contribution in [2.24, 2.45) is 7.05 Å². The van der Waals surface area contributed by atoms with Crippen molar-refractivity contribution in [1.82, 2.24) is 19.7 Å². The summed E-state index contributed by atoms with van der Waals surface area (Å²) in [5.41, 5.74) is 2.67. The van der Waals surface area contributed by atoms with Gasteiger partial charge in [-0.25, -0.2) is 4.98 Å². The van der Waals surface area contributed by atoms with Crippen molar-refractivity contribution >= 4 is 28.8 Å². The van der Waals surface area contributed by atoms with Gasteiger partial charge in [-0.3, -0.25) is 9.48 Å². The van der Waals surface area contributed by atoms with Crippen LogP contribution in [0.2, 0.25) is 5.02 Å². The maximum atomic E-state index is 13.2. The standard InChI is InChI=1S/C19H21ClN4OS/c1-12(2)24(11-14-9-21-23(4)10-14)19(25)17-13(3)22-18(26-17)15-6-5-7-16(20)8-15/h5-10,12H,11H2,1-4H3. The third kappa shape index (κ3) is 3.97. The fourth-order valence-electron chi connectivity index (χ4n) is 2.71. The van der Waals surface area contributed by atoms with E-state index >= 15 is 0 Å². The van der Waals surface area contributed by atoms with E-state index in [1.807, 2.05) is 63.2 Å². The second kappa shape index (κ2) is 7.60. The van der Waals surface area contributed by atoms with Crippen molar-refractivity contribution in [3.8, 4) is 10.6 Å². The molecule has 0 radical (unpaired) electrons. The number of thiazole rings is 1. The zero-order chi connectivity index (χ0) is 18.8. The summed E-state index contributed by atoms with van der Waals surface area (Å²) < 4.78 is 1.74. The molecule has 0 N–H and O–H groups in total. The van der Waals surface area contributed by atoms with E-state index < -0.39 is 0 Å². The summed E-state index contributed by atoms with van der Waals surface area (Å²) in [4.78, 5) is 20.3. The zero-order valence-electron chi connectivity index (χ0n) is 15.2. The third-order valence-corrected chi connectivity index (χ3v) is 5.49. The Balaban J connectivity index is 1.90. The maximum Gasteiger partial charge on any atom is 0.266 e. The van der Waals surface area contributed by atoms with E-state index in [4.69, 9.17) is 11.6 Å². The van der Waals surface area contributed by atoms with Crippen LogP contribution in [-0.2, 0) is 13.6 Å². The van der Waals surface area contributed by atoms with Gasteiger partial charge in [0.1, 0.15) is 9.88 Å². The first-order chi connectivity index (χ1) is 12.3. The van der Waals surface area contributed by atoms with Gasteiger partial charge in [0.05, 0.1) is 11.9 Å². The summed E-state index contributed by atoms with van der Waals surface area (Å²) in [7, 11) is 1.87. The molecule has 0 aliphatic carbocycles. The lowest BCUT2D eigenvalue weighted by atomic mass is 10.2. The normalized spacial score (nSPS) is 11.2. The molecule has 136 valence electrons. The summed E-state index contributed by atoms with van der Waals surface area (Å²) in [5, 5.41) is 5.65. The zero-order valence-corrected chi connectivity index (χ0v) is 16.8. The van der Waals surface area contributed by atoms with Crippen molar-refractivity contribution in [2.45, 2.75) is 33.4 Å². The molecule has 0 saturated carbocycles. The minimum absolute atomic E-state index is 0.00729. The molecular weight excluding hydrogens is 368 g/mol. The van der Waals surface area contributed by atoms with Gasteiger partial charge in [-0.05, 0) is 32.9 Å². The molecule has 3 rings (SSSR count). The van der Waals surface area contributed by atoms with Gasteiger partial charge in [0.15, 0.2) is 0 Å². The van der Waals surface area contributed by atoms with Crippen LogP contribution in [0.4, 0.5) is 0 Å². The first-order valence-corrected chi connectivity index (χ1v) is 9.56. The second-order valence-electron chi connectivity index (χ2n) is 6.49. The highest BCUT2D eigenvalue weighted by Gasteiger charge is 2.24. The predicted octanol–water partition coefficient (Wildman–Crippen LogP) is 4.56. The monoisotopic (exact) mass is 388 g/mol.